The normalized spacial score (nSPS) is 18.4. The number of amides is 3. The van der Waals surface area contributed by atoms with Crippen molar-refractivity contribution in [2.75, 3.05) is 18.4 Å². The number of aromatic nitrogens is 2. The van der Waals surface area contributed by atoms with Crippen LogP contribution in [0.1, 0.15) is 12.8 Å². The number of rotatable bonds is 2. The molecule has 0 aliphatic carbocycles. The van der Waals surface area contributed by atoms with Crippen molar-refractivity contribution in [3.63, 3.8) is 0 Å². The molecular weight excluding hydrogens is 330 g/mol. The predicted molar refractivity (Wildman–Crippen MR) is 74.5 cm³/mol. The fourth-order valence-corrected chi connectivity index (χ4v) is 2.32. The third kappa shape index (κ3) is 4.05. The number of hydrogen-bond donors (Lipinski definition) is 3. The van der Waals surface area contributed by atoms with Gasteiger partial charge in [-0.3, -0.25) is 10.3 Å². The van der Waals surface area contributed by atoms with Crippen LogP contribution in [0.25, 0.3) is 0 Å². The first-order valence-corrected chi connectivity index (χ1v) is 6.87. The molecule has 8 nitrogen and oxygen atoms in total. The van der Waals surface area contributed by atoms with E-state index in [-0.39, 0.29) is 6.04 Å². The van der Waals surface area contributed by atoms with Crippen molar-refractivity contribution in [1.82, 2.24) is 20.2 Å². The van der Waals surface area contributed by atoms with E-state index >= 15 is 0 Å². The molecule has 1 fully saturated rings. The van der Waals surface area contributed by atoms with Crippen LogP contribution in [0.2, 0.25) is 0 Å². The lowest BCUT2D eigenvalue weighted by Gasteiger charge is -2.31. The largest absolute Gasteiger partial charge is 0.465 e. The summed E-state index contributed by atoms with van der Waals surface area (Å²) in [7, 11) is 0. The summed E-state index contributed by atoms with van der Waals surface area (Å²) >= 11 is 3.16. The van der Waals surface area contributed by atoms with Crippen molar-refractivity contribution < 1.29 is 14.7 Å². The summed E-state index contributed by atoms with van der Waals surface area (Å²) in [5.41, 5.74) is 0. The van der Waals surface area contributed by atoms with E-state index in [9.17, 15) is 9.59 Å². The summed E-state index contributed by atoms with van der Waals surface area (Å²) in [6, 6.07) is -0.616. The second kappa shape index (κ2) is 6.51. The van der Waals surface area contributed by atoms with Crippen LogP contribution in [0.5, 0.6) is 0 Å². The first-order valence-electron chi connectivity index (χ1n) is 6.07. The van der Waals surface area contributed by atoms with Crippen LogP contribution in [-0.2, 0) is 0 Å². The summed E-state index contributed by atoms with van der Waals surface area (Å²) in [5.74, 6) is 0.322. The van der Waals surface area contributed by atoms with Gasteiger partial charge in [-0.05, 0) is 28.8 Å². The average Bonchev–Trinajstić information content (AvgIpc) is 2.38. The Hall–Kier alpha value is -1.90. The van der Waals surface area contributed by atoms with Crippen molar-refractivity contribution >= 4 is 33.9 Å². The topological polar surface area (TPSA) is 107 Å². The molecular formula is C11H14BrN5O3. The molecule has 1 aliphatic heterocycles. The van der Waals surface area contributed by atoms with Crippen LogP contribution in [0.15, 0.2) is 17.0 Å². The molecule has 2 heterocycles. The number of nitrogens with one attached hydrogen (secondary N) is 2. The van der Waals surface area contributed by atoms with Gasteiger partial charge in [0.2, 0.25) is 0 Å². The highest BCUT2D eigenvalue weighted by Crippen LogP contribution is 2.11. The summed E-state index contributed by atoms with van der Waals surface area (Å²) in [4.78, 5) is 31.9. The molecule has 3 amide bonds. The van der Waals surface area contributed by atoms with Crippen LogP contribution in [0, 0.1) is 0 Å². The van der Waals surface area contributed by atoms with E-state index in [1.807, 2.05) is 0 Å². The summed E-state index contributed by atoms with van der Waals surface area (Å²) in [6.45, 7) is 0.805. The first kappa shape index (κ1) is 14.5. The number of likely N-dealkylation sites (tertiary alicyclic amines) is 1. The molecule has 20 heavy (non-hydrogen) atoms. The number of anilines is 1. The minimum Gasteiger partial charge on any atom is -0.465 e. The monoisotopic (exact) mass is 343 g/mol. The first-order chi connectivity index (χ1) is 9.54. The van der Waals surface area contributed by atoms with E-state index in [0.717, 1.165) is 12.8 Å². The maximum absolute atomic E-state index is 11.8. The SMILES string of the molecule is O=C(Nc1cncc(Br)n1)N[C@H]1CCCN(C(=O)O)C1. The maximum atomic E-state index is 11.8. The van der Waals surface area contributed by atoms with E-state index in [1.165, 1.54) is 17.3 Å². The highest BCUT2D eigenvalue weighted by atomic mass is 79.9. The minimum absolute atomic E-state index is 0.194. The van der Waals surface area contributed by atoms with Gasteiger partial charge in [0.1, 0.15) is 4.60 Å². The number of hydrogen-bond acceptors (Lipinski definition) is 4. The Morgan fingerprint density at radius 3 is 2.95 bits per heavy atom. The number of nitrogens with zero attached hydrogens (tertiary/aromatic N) is 3. The molecule has 9 heteroatoms. The van der Waals surface area contributed by atoms with Crippen molar-refractivity contribution in [2.45, 2.75) is 18.9 Å². The van der Waals surface area contributed by atoms with Crippen LogP contribution in [0.4, 0.5) is 15.4 Å². The van der Waals surface area contributed by atoms with Crippen LogP contribution in [-0.4, -0.2) is 51.2 Å². The molecule has 0 aromatic carbocycles. The highest BCUT2D eigenvalue weighted by molar-refractivity contribution is 9.10. The summed E-state index contributed by atoms with van der Waals surface area (Å²) in [5, 5.41) is 14.2. The molecule has 3 N–H and O–H groups in total. The zero-order valence-electron chi connectivity index (χ0n) is 10.5. The number of piperidine rings is 1. The van der Waals surface area contributed by atoms with Gasteiger partial charge in [0.25, 0.3) is 0 Å². The van der Waals surface area contributed by atoms with Gasteiger partial charge in [-0.15, -0.1) is 0 Å². The lowest BCUT2D eigenvalue weighted by Crippen LogP contribution is -2.50. The fraction of sp³-hybridized carbons (Fsp3) is 0.455. The maximum Gasteiger partial charge on any atom is 0.407 e. The summed E-state index contributed by atoms with van der Waals surface area (Å²) in [6.07, 6.45) is 3.45. The van der Waals surface area contributed by atoms with Crippen LogP contribution < -0.4 is 10.6 Å². The molecule has 0 unspecified atom stereocenters. The summed E-state index contributed by atoms with van der Waals surface area (Å²) < 4.78 is 0.519. The molecule has 1 aromatic heterocycles. The lowest BCUT2D eigenvalue weighted by atomic mass is 10.1. The quantitative estimate of drug-likeness (QED) is 0.754. The van der Waals surface area contributed by atoms with Crippen LogP contribution in [0.3, 0.4) is 0 Å². The Morgan fingerprint density at radius 1 is 1.45 bits per heavy atom. The Kier molecular flexibility index (Phi) is 4.72. The van der Waals surface area contributed by atoms with E-state index in [2.05, 4.69) is 36.5 Å². The van der Waals surface area contributed by atoms with Crippen molar-refractivity contribution in [3.05, 3.63) is 17.0 Å². The number of halogens is 1. The average molecular weight is 344 g/mol. The van der Waals surface area contributed by atoms with Crippen LogP contribution >= 0.6 is 15.9 Å². The Bertz CT molecular complexity index is 513. The van der Waals surface area contributed by atoms with Crippen molar-refractivity contribution in [2.24, 2.45) is 0 Å². The molecule has 1 saturated heterocycles. The highest BCUT2D eigenvalue weighted by Gasteiger charge is 2.24. The van der Waals surface area contributed by atoms with Crippen molar-refractivity contribution in [3.8, 4) is 0 Å². The van der Waals surface area contributed by atoms with Gasteiger partial charge in [-0.25, -0.2) is 14.6 Å². The Balaban J connectivity index is 1.86. The molecule has 2 rings (SSSR count). The minimum atomic E-state index is -0.963. The van der Waals surface area contributed by atoms with E-state index in [1.54, 1.807) is 0 Å². The van der Waals surface area contributed by atoms with Gasteiger partial charge in [0.05, 0.1) is 12.4 Å². The van der Waals surface area contributed by atoms with Gasteiger partial charge in [0, 0.05) is 19.1 Å². The fourth-order valence-electron chi connectivity index (χ4n) is 2.01. The number of carbonyl (C=O) groups excluding carboxylic acids is 1. The Morgan fingerprint density at radius 2 is 2.25 bits per heavy atom. The van der Waals surface area contributed by atoms with Gasteiger partial charge < -0.3 is 15.3 Å². The second-order valence-corrected chi connectivity index (χ2v) is 5.21. The Labute approximate surface area is 123 Å². The van der Waals surface area contributed by atoms with Gasteiger partial charge in [-0.1, -0.05) is 0 Å². The molecule has 108 valence electrons. The van der Waals surface area contributed by atoms with E-state index < -0.39 is 12.1 Å². The van der Waals surface area contributed by atoms with Crippen molar-refractivity contribution in [1.29, 1.82) is 0 Å². The molecule has 0 radical (unpaired) electrons. The smallest absolute Gasteiger partial charge is 0.407 e. The van der Waals surface area contributed by atoms with E-state index in [0.29, 0.717) is 23.5 Å². The van der Waals surface area contributed by atoms with Gasteiger partial charge in [0.15, 0.2) is 5.82 Å². The van der Waals surface area contributed by atoms with E-state index in [4.69, 9.17) is 5.11 Å². The zero-order valence-corrected chi connectivity index (χ0v) is 12.1. The molecule has 0 spiro atoms. The molecule has 0 bridgehead atoms. The zero-order chi connectivity index (χ0) is 14.5. The second-order valence-electron chi connectivity index (χ2n) is 4.39. The molecule has 1 aromatic rings. The number of carboxylic acid groups (broad SMARTS) is 1. The third-order valence-corrected chi connectivity index (χ3v) is 3.26. The standard InChI is InChI=1S/C11H14BrN5O3/c12-8-4-13-5-9(15-8)16-10(18)14-7-2-1-3-17(6-7)11(19)20/h4-5,7H,1-3,6H2,(H,19,20)(H2,14,15,16,18)/t7-/m0/s1. The molecule has 1 atom stereocenters. The van der Waals surface area contributed by atoms with Gasteiger partial charge in [-0.2, -0.15) is 0 Å². The predicted octanol–water partition coefficient (Wildman–Crippen LogP) is 1.50. The molecule has 0 saturated carbocycles. The third-order valence-electron chi connectivity index (χ3n) is 2.87. The lowest BCUT2D eigenvalue weighted by molar-refractivity contribution is 0.127. The molecule has 1 aliphatic rings. The number of carbonyl (C=O) groups is 2. The van der Waals surface area contributed by atoms with Gasteiger partial charge >= 0.3 is 12.1 Å². The number of urea groups is 1.